The first-order valence-electron chi connectivity index (χ1n) is 7.47. The zero-order chi connectivity index (χ0) is 15.7. The number of carbonyl (C=O) groups excluding carboxylic acids is 1. The highest BCUT2D eigenvalue weighted by Crippen LogP contribution is 2.30. The Hall–Kier alpha value is -0.960. The fraction of sp³-hybridized carbons (Fsp3) is 0.643. The molecule has 3 atom stereocenters. The predicted molar refractivity (Wildman–Crippen MR) is 83.2 cm³/mol. The third-order valence-corrected chi connectivity index (χ3v) is 7.17. The summed E-state index contributed by atoms with van der Waals surface area (Å²) in [5.41, 5.74) is 0. The summed E-state index contributed by atoms with van der Waals surface area (Å²) in [5.74, 6) is -0.166. The van der Waals surface area contributed by atoms with Gasteiger partial charge < -0.3 is 9.64 Å². The van der Waals surface area contributed by atoms with Crippen molar-refractivity contribution >= 4 is 27.3 Å². The van der Waals surface area contributed by atoms with Crippen molar-refractivity contribution in [3.63, 3.8) is 0 Å². The van der Waals surface area contributed by atoms with E-state index < -0.39 is 16.1 Å². The van der Waals surface area contributed by atoms with E-state index in [9.17, 15) is 13.2 Å². The van der Waals surface area contributed by atoms with Gasteiger partial charge in [0.1, 0.15) is 4.21 Å². The quantitative estimate of drug-likeness (QED) is 0.890. The van der Waals surface area contributed by atoms with Crippen LogP contribution in [0.25, 0.3) is 0 Å². The molecule has 0 aromatic carbocycles. The van der Waals surface area contributed by atoms with Gasteiger partial charge in [0.2, 0.25) is 5.91 Å². The molecule has 1 saturated heterocycles. The topological polar surface area (TPSA) is 75.7 Å². The van der Waals surface area contributed by atoms with E-state index in [-0.39, 0.29) is 22.3 Å². The van der Waals surface area contributed by atoms with E-state index in [1.165, 1.54) is 6.07 Å². The minimum Gasteiger partial charge on any atom is -0.374 e. The smallest absolute Gasteiger partial charge is 0.250 e. The first kappa shape index (κ1) is 15.9. The second kappa shape index (κ2) is 6.27. The molecule has 22 heavy (non-hydrogen) atoms. The Balaban J connectivity index is 1.69. The summed E-state index contributed by atoms with van der Waals surface area (Å²) >= 11 is 1.14. The molecule has 122 valence electrons. The van der Waals surface area contributed by atoms with Crippen molar-refractivity contribution in [1.82, 2.24) is 9.62 Å². The van der Waals surface area contributed by atoms with Crippen LogP contribution in [-0.4, -0.2) is 50.6 Å². The van der Waals surface area contributed by atoms with Crippen molar-refractivity contribution in [2.45, 2.75) is 48.6 Å². The summed E-state index contributed by atoms with van der Waals surface area (Å²) in [5, 5.41) is 1.70. The second-order valence-electron chi connectivity index (χ2n) is 5.71. The monoisotopic (exact) mass is 344 g/mol. The fourth-order valence-electron chi connectivity index (χ4n) is 3.21. The predicted octanol–water partition coefficient (Wildman–Crippen LogP) is 1.19. The van der Waals surface area contributed by atoms with Gasteiger partial charge in [-0.15, -0.1) is 11.3 Å². The number of sulfonamides is 1. The third kappa shape index (κ3) is 3.05. The van der Waals surface area contributed by atoms with Crippen molar-refractivity contribution in [2.24, 2.45) is 0 Å². The molecule has 6 nitrogen and oxygen atoms in total. The van der Waals surface area contributed by atoms with E-state index in [0.29, 0.717) is 13.2 Å². The van der Waals surface area contributed by atoms with Crippen LogP contribution in [0.15, 0.2) is 21.7 Å². The van der Waals surface area contributed by atoms with Gasteiger partial charge in [0.05, 0.1) is 24.8 Å². The Kier molecular flexibility index (Phi) is 4.54. The van der Waals surface area contributed by atoms with E-state index in [2.05, 4.69) is 4.72 Å². The fourth-order valence-corrected chi connectivity index (χ4v) is 5.41. The first-order valence-corrected chi connectivity index (χ1v) is 9.83. The molecule has 8 heteroatoms. The Labute approximate surface area is 134 Å². The van der Waals surface area contributed by atoms with Crippen LogP contribution in [0, 0.1) is 0 Å². The van der Waals surface area contributed by atoms with Crippen molar-refractivity contribution in [2.75, 3.05) is 13.2 Å². The molecule has 1 N–H and O–H groups in total. The molecular formula is C14H20N2O4S2. The third-order valence-electron chi connectivity index (χ3n) is 4.23. The maximum Gasteiger partial charge on any atom is 0.250 e. The van der Waals surface area contributed by atoms with Gasteiger partial charge in [-0.1, -0.05) is 6.07 Å². The number of hydrogen-bond donors (Lipinski definition) is 1. The molecule has 1 aliphatic heterocycles. The number of nitrogens with one attached hydrogen (secondary N) is 1. The van der Waals surface area contributed by atoms with Gasteiger partial charge in [-0.3, -0.25) is 4.79 Å². The maximum atomic E-state index is 12.6. The van der Waals surface area contributed by atoms with Crippen LogP contribution in [0.2, 0.25) is 0 Å². The summed E-state index contributed by atoms with van der Waals surface area (Å²) in [6, 6.07) is 2.53. The van der Waals surface area contributed by atoms with Crippen LogP contribution in [-0.2, 0) is 19.6 Å². The van der Waals surface area contributed by atoms with E-state index in [4.69, 9.17) is 4.74 Å². The maximum absolute atomic E-state index is 12.6. The van der Waals surface area contributed by atoms with Gasteiger partial charge in [-0.05, 0) is 37.6 Å². The molecule has 2 heterocycles. The number of carbonyl (C=O) groups is 1. The summed E-state index contributed by atoms with van der Waals surface area (Å²) in [6.45, 7) is 2.66. The Morgan fingerprint density at radius 1 is 1.50 bits per heavy atom. The van der Waals surface area contributed by atoms with Gasteiger partial charge >= 0.3 is 0 Å². The molecule has 3 rings (SSSR count). The van der Waals surface area contributed by atoms with E-state index >= 15 is 0 Å². The minimum atomic E-state index is -3.63. The lowest BCUT2D eigenvalue weighted by Gasteiger charge is -2.39. The number of rotatable bonds is 4. The largest absolute Gasteiger partial charge is 0.374 e. The van der Waals surface area contributed by atoms with Gasteiger partial charge in [0, 0.05) is 6.54 Å². The molecule has 0 spiro atoms. The highest BCUT2D eigenvalue weighted by Gasteiger charge is 2.40. The lowest BCUT2D eigenvalue weighted by Crippen LogP contribution is -2.56. The number of thiophene rings is 1. The number of nitrogens with zero attached hydrogens (tertiary/aromatic N) is 1. The molecule has 2 fully saturated rings. The summed E-state index contributed by atoms with van der Waals surface area (Å²) < 4.78 is 32.9. The molecule has 1 aliphatic carbocycles. The number of morpholine rings is 1. The molecule has 0 bridgehead atoms. The van der Waals surface area contributed by atoms with Crippen molar-refractivity contribution in [1.29, 1.82) is 0 Å². The number of fused-ring (bicyclic) bond motifs is 1. The lowest BCUT2D eigenvalue weighted by atomic mass is 10.1. The molecule has 0 radical (unpaired) electrons. The lowest BCUT2D eigenvalue weighted by molar-refractivity contribution is -0.145. The van der Waals surface area contributed by atoms with Crippen LogP contribution in [0.5, 0.6) is 0 Å². The zero-order valence-corrected chi connectivity index (χ0v) is 14.0. The van der Waals surface area contributed by atoms with E-state index in [1.54, 1.807) is 23.3 Å². The van der Waals surface area contributed by atoms with Crippen molar-refractivity contribution < 1.29 is 17.9 Å². The van der Waals surface area contributed by atoms with Crippen LogP contribution >= 0.6 is 11.3 Å². The summed E-state index contributed by atoms with van der Waals surface area (Å²) in [7, 11) is -3.63. The van der Waals surface area contributed by atoms with E-state index in [0.717, 1.165) is 30.6 Å². The van der Waals surface area contributed by atoms with Crippen LogP contribution < -0.4 is 4.72 Å². The molecule has 1 aromatic rings. The van der Waals surface area contributed by atoms with Gasteiger partial charge in [0.25, 0.3) is 10.0 Å². The average Bonchev–Trinajstić information content (AvgIpc) is 3.16. The minimum absolute atomic E-state index is 0.0925. The highest BCUT2D eigenvalue weighted by molar-refractivity contribution is 7.91. The van der Waals surface area contributed by atoms with Crippen molar-refractivity contribution in [3.8, 4) is 0 Å². The van der Waals surface area contributed by atoms with Crippen LogP contribution in [0.1, 0.15) is 26.2 Å². The Morgan fingerprint density at radius 2 is 2.32 bits per heavy atom. The van der Waals surface area contributed by atoms with Gasteiger partial charge in [-0.2, -0.15) is 4.72 Å². The van der Waals surface area contributed by atoms with Crippen LogP contribution in [0.3, 0.4) is 0 Å². The standard InChI is InChI=1S/C14H20N2O4S2/c1-10(15-22(18,19)13-6-3-9-21-13)14(17)16-7-8-20-12-5-2-4-11(12)16/h3,6,9-12,15H,2,4-5,7-8H2,1H3. The average molecular weight is 344 g/mol. The van der Waals surface area contributed by atoms with Gasteiger partial charge in [-0.25, -0.2) is 8.42 Å². The summed E-state index contributed by atoms with van der Waals surface area (Å²) in [6.07, 6.45) is 3.07. The Bertz CT molecular complexity index is 629. The molecule has 1 amide bonds. The molecule has 2 aliphatic rings. The van der Waals surface area contributed by atoms with E-state index in [1.807, 2.05) is 0 Å². The van der Waals surface area contributed by atoms with Gasteiger partial charge in [0.15, 0.2) is 0 Å². The van der Waals surface area contributed by atoms with Crippen molar-refractivity contribution in [3.05, 3.63) is 17.5 Å². The number of hydrogen-bond acceptors (Lipinski definition) is 5. The second-order valence-corrected chi connectivity index (χ2v) is 8.60. The molecule has 1 aromatic heterocycles. The summed E-state index contributed by atoms with van der Waals surface area (Å²) in [4.78, 5) is 14.4. The highest BCUT2D eigenvalue weighted by atomic mass is 32.2. The normalized spacial score (nSPS) is 26.7. The number of ether oxygens (including phenoxy) is 1. The zero-order valence-electron chi connectivity index (χ0n) is 12.4. The molecular weight excluding hydrogens is 324 g/mol. The Morgan fingerprint density at radius 3 is 3.05 bits per heavy atom. The molecule has 3 unspecified atom stereocenters. The number of amides is 1. The molecule has 1 saturated carbocycles. The first-order chi connectivity index (χ1) is 10.5. The van der Waals surface area contributed by atoms with Crippen LogP contribution in [0.4, 0.5) is 0 Å². The SMILES string of the molecule is CC(NS(=O)(=O)c1cccs1)C(=O)N1CCOC2CCCC21.